The second kappa shape index (κ2) is 5.25. The molecule has 0 amide bonds. The molecule has 19 heavy (non-hydrogen) atoms. The van der Waals surface area contributed by atoms with Gasteiger partial charge in [-0.3, -0.25) is 0 Å². The molecule has 0 saturated carbocycles. The maximum Gasteiger partial charge on any atom is 0.127 e. The lowest BCUT2D eigenvalue weighted by molar-refractivity contribution is 0.354. The van der Waals surface area contributed by atoms with Crippen LogP contribution in [0.15, 0.2) is 52.1 Å². The van der Waals surface area contributed by atoms with Crippen LogP contribution >= 0.6 is 22.6 Å². The number of rotatable bonds is 2. The van der Waals surface area contributed by atoms with Crippen LogP contribution in [0.25, 0.3) is 5.57 Å². The fraction of sp³-hybridized carbons (Fsp3) is 0.125. The molecule has 1 aliphatic rings. The van der Waals surface area contributed by atoms with E-state index in [0.717, 1.165) is 17.1 Å². The predicted molar refractivity (Wildman–Crippen MR) is 85.0 cm³/mol. The summed E-state index contributed by atoms with van der Waals surface area (Å²) >= 11 is 2.36. The molecule has 2 aromatic carbocycles. The smallest absolute Gasteiger partial charge is 0.127 e. The quantitative estimate of drug-likeness (QED) is 0.741. The van der Waals surface area contributed by atoms with Crippen molar-refractivity contribution < 1.29 is 9.47 Å². The lowest BCUT2D eigenvalue weighted by Gasteiger charge is -2.22. The molecule has 0 aliphatic carbocycles. The molecular formula is C16H13IO2. The molecule has 0 bridgehead atoms. The second-order valence-electron chi connectivity index (χ2n) is 4.30. The summed E-state index contributed by atoms with van der Waals surface area (Å²) in [5, 5.41) is 0. The molecule has 0 spiro atoms. The summed E-state index contributed by atoms with van der Waals surface area (Å²) < 4.78 is 12.3. The molecule has 3 heteroatoms. The Bertz CT molecular complexity index is 632. The molecule has 0 radical (unpaired) electrons. The molecule has 0 saturated heterocycles. The average Bonchev–Trinajstić information content (AvgIpc) is 2.47. The van der Waals surface area contributed by atoms with Crippen molar-refractivity contribution in [3.8, 4) is 11.5 Å². The number of benzene rings is 2. The predicted octanol–water partition coefficient (Wildman–Crippen LogP) is 4.28. The topological polar surface area (TPSA) is 18.5 Å². The Labute approximate surface area is 126 Å². The maximum atomic E-state index is 5.77. The Morgan fingerprint density at radius 1 is 1.11 bits per heavy atom. The van der Waals surface area contributed by atoms with Crippen molar-refractivity contribution in [2.45, 2.75) is 0 Å². The highest BCUT2D eigenvalue weighted by atomic mass is 127. The number of hydrogen-bond acceptors (Lipinski definition) is 2. The summed E-state index contributed by atoms with van der Waals surface area (Å²) in [6.07, 6.45) is 0. The van der Waals surface area contributed by atoms with Crippen LogP contribution in [0.2, 0.25) is 0 Å². The van der Waals surface area contributed by atoms with Gasteiger partial charge in [0.1, 0.15) is 18.1 Å². The summed E-state index contributed by atoms with van der Waals surface area (Å²) in [5.74, 6) is 1.77. The SMILES string of the molecule is COc1ccc2c(c1)C(c1ccccc1)=C(I)CO2. The Morgan fingerprint density at radius 3 is 2.63 bits per heavy atom. The van der Waals surface area contributed by atoms with E-state index >= 15 is 0 Å². The molecule has 0 atom stereocenters. The van der Waals surface area contributed by atoms with Crippen molar-refractivity contribution in [3.63, 3.8) is 0 Å². The van der Waals surface area contributed by atoms with Gasteiger partial charge in [-0.15, -0.1) is 0 Å². The van der Waals surface area contributed by atoms with Gasteiger partial charge in [-0.25, -0.2) is 0 Å². The molecule has 96 valence electrons. The summed E-state index contributed by atoms with van der Waals surface area (Å²) in [6, 6.07) is 16.3. The van der Waals surface area contributed by atoms with Crippen LogP contribution in [0.3, 0.4) is 0 Å². The van der Waals surface area contributed by atoms with Gasteiger partial charge in [-0.1, -0.05) is 30.3 Å². The van der Waals surface area contributed by atoms with Crippen molar-refractivity contribution in [1.82, 2.24) is 0 Å². The van der Waals surface area contributed by atoms with Crippen molar-refractivity contribution in [3.05, 3.63) is 63.2 Å². The summed E-state index contributed by atoms with van der Waals surface area (Å²) in [7, 11) is 1.68. The van der Waals surface area contributed by atoms with E-state index in [1.165, 1.54) is 14.7 Å². The van der Waals surface area contributed by atoms with Gasteiger partial charge in [0.05, 0.1) is 7.11 Å². The second-order valence-corrected chi connectivity index (χ2v) is 5.60. The van der Waals surface area contributed by atoms with Gasteiger partial charge in [0.2, 0.25) is 0 Å². The molecule has 0 aromatic heterocycles. The standard InChI is InChI=1S/C16H13IO2/c1-18-12-7-8-15-13(9-12)16(14(17)10-19-15)11-5-3-2-4-6-11/h2-9H,10H2,1H3. The third-order valence-corrected chi connectivity index (χ3v) is 3.99. The minimum absolute atomic E-state index is 0.629. The highest BCUT2D eigenvalue weighted by Gasteiger charge is 2.20. The lowest BCUT2D eigenvalue weighted by Crippen LogP contribution is -2.09. The fourth-order valence-electron chi connectivity index (χ4n) is 2.23. The Balaban J connectivity index is 2.19. The first-order valence-electron chi connectivity index (χ1n) is 6.05. The first-order valence-corrected chi connectivity index (χ1v) is 7.13. The van der Waals surface area contributed by atoms with Gasteiger partial charge < -0.3 is 9.47 Å². The van der Waals surface area contributed by atoms with E-state index in [1.807, 2.05) is 24.3 Å². The molecule has 2 aromatic rings. The molecule has 1 heterocycles. The third kappa shape index (κ3) is 2.34. The first kappa shape index (κ1) is 12.5. The van der Waals surface area contributed by atoms with Crippen LogP contribution in [0.5, 0.6) is 11.5 Å². The fourth-order valence-corrected chi connectivity index (χ4v) is 2.99. The minimum Gasteiger partial charge on any atom is -0.497 e. The van der Waals surface area contributed by atoms with Crippen molar-refractivity contribution in [2.75, 3.05) is 13.7 Å². The number of ether oxygens (including phenoxy) is 2. The van der Waals surface area contributed by atoms with E-state index in [0.29, 0.717) is 6.61 Å². The van der Waals surface area contributed by atoms with Gasteiger partial charge in [0.25, 0.3) is 0 Å². The van der Waals surface area contributed by atoms with Gasteiger partial charge in [-0.2, -0.15) is 0 Å². The first-order chi connectivity index (χ1) is 9.29. The summed E-state index contributed by atoms with van der Waals surface area (Å²) in [4.78, 5) is 0. The Morgan fingerprint density at radius 2 is 1.89 bits per heavy atom. The van der Waals surface area contributed by atoms with Crippen LogP contribution in [0.4, 0.5) is 0 Å². The van der Waals surface area contributed by atoms with Crippen molar-refractivity contribution in [2.24, 2.45) is 0 Å². The minimum atomic E-state index is 0.629. The molecule has 0 fully saturated rings. The average molecular weight is 364 g/mol. The van der Waals surface area contributed by atoms with E-state index in [4.69, 9.17) is 9.47 Å². The Kier molecular flexibility index (Phi) is 3.46. The van der Waals surface area contributed by atoms with Crippen molar-refractivity contribution >= 4 is 28.2 Å². The van der Waals surface area contributed by atoms with Gasteiger partial charge >= 0.3 is 0 Å². The molecular weight excluding hydrogens is 351 g/mol. The maximum absolute atomic E-state index is 5.77. The van der Waals surface area contributed by atoms with E-state index < -0.39 is 0 Å². The highest BCUT2D eigenvalue weighted by Crippen LogP contribution is 2.41. The van der Waals surface area contributed by atoms with Gasteiger partial charge in [0, 0.05) is 14.7 Å². The van der Waals surface area contributed by atoms with E-state index in [-0.39, 0.29) is 0 Å². The summed E-state index contributed by atoms with van der Waals surface area (Å²) in [6.45, 7) is 0.629. The summed E-state index contributed by atoms with van der Waals surface area (Å²) in [5.41, 5.74) is 3.55. The molecule has 0 unspecified atom stereocenters. The van der Waals surface area contributed by atoms with E-state index in [2.05, 4.69) is 46.9 Å². The lowest BCUT2D eigenvalue weighted by atomic mass is 9.95. The van der Waals surface area contributed by atoms with Crippen molar-refractivity contribution in [1.29, 1.82) is 0 Å². The normalized spacial score (nSPS) is 13.8. The monoisotopic (exact) mass is 364 g/mol. The third-order valence-electron chi connectivity index (χ3n) is 3.14. The molecule has 0 N–H and O–H groups in total. The van der Waals surface area contributed by atoms with Crippen LogP contribution < -0.4 is 9.47 Å². The number of halogens is 1. The molecule has 3 rings (SSSR count). The highest BCUT2D eigenvalue weighted by molar-refractivity contribution is 14.1. The zero-order valence-electron chi connectivity index (χ0n) is 10.5. The number of hydrogen-bond donors (Lipinski definition) is 0. The molecule has 1 aliphatic heterocycles. The number of fused-ring (bicyclic) bond motifs is 1. The van der Waals surface area contributed by atoms with E-state index in [1.54, 1.807) is 7.11 Å². The zero-order valence-corrected chi connectivity index (χ0v) is 12.7. The van der Waals surface area contributed by atoms with Gasteiger partial charge in [-0.05, 0) is 46.4 Å². The van der Waals surface area contributed by atoms with Crippen LogP contribution in [-0.4, -0.2) is 13.7 Å². The largest absolute Gasteiger partial charge is 0.497 e. The number of methoxy groups -OCH3 is 1. The zero-order chi connectivity index (χ0) is 13.2. The molecule has 2 nitrogen and oxygen atoms in total. The Hall–Kier alpha value is -1.49. The van der Waals surface area contributed by atoms with E-state index in [9.17, 15) is 0 Å². The van der Waals surface area contributed by atoms with Crippen LogP contribution in [0, 0.1) is 0 Å². The van der Waals surface area contributed by atoms with Crippen LogP contribution in [-0.2, 0) is 0 Å². The van der Waals surface area contributed by atoms with Crippen LogP contribution in [0.1, 0.15) is 11.1 Å². The van der Waals surface area contributed by atoms with Gasteiger partial charge in [0.15, 0.2) is 0 Å².